The molecule has 0 radical (unpaired) electrons. The largest absolute Gasteiger partial charge is 0.308 e. The lowest BCUT2D eigenvalue weighted by molar-refractivity contribution is 0.394. The van der Waals surface area contributed by atoms with Gasteiger partial charge in [-0.15, -0.1) is 23.5 Å². The van der Waals surface area contributed by atoms with Crippen molar-refractivity contribution in [2.75, 3.05) is 23.0 Å². The SMILES string of the molecule is O=S(O)(O)(CCSc1ccccc1)CCSc1ccccc1. The molecule has 0 aliphatic rings. The summed E-state index contributed by atoms with van der Waals surface area (Å²) in [6.45, 7) is 0. The van der Waals surface area contributed by atoms with Gasteiger partial charge in [-0.2, -0.15) is 0 Å². The Morgan fingerprint density at radius 3 is 1.45 bits per heavy atom. The molecule has 0 saturated heterocycles. The minimum absolute atomic E-state index is 0.105. The van der Waals surface area contributed by atoms with Crippen LogP contribution in [0.4, 0.5) is 0 Å². The molecule has 22 heavy (non-hydrogen) atoms. The second kappa shape index (κ2) is 7.66. The Morgan fingerprint density at radius 1 is 0.727 bits per heavy atom. The fraction of sp³-hybridized carbons (Fsp3) is 0.250. The molecular formula is C16H20O3S3. The van der Waals surface area contributed by atoms with Gasteiger partial charge in [-0.25, -0.2) is 4.21 Å². The van der Waals surface area contributed by atoms with Crippen LogP contribution < -0.4 is 0 Å². The van der Waals surface area contributed by atoms with Gasteiger partial charge in [0, 0.05) is 21.3 Å². The van der Waals surface area contributed by atoms with Crippen LogP contribution in [-0.2, 0) is 9.63 Å². The topological polar surface area (TPSA) is 57.5 Å². The zero-order valence-electron chi connectivity index (χ0n) is 12.1. The van der Waals surface area contributed by atoms with E-state index in [1.54, 1.807) is 0 Å². The highest BCUT2D eigenvalue weighted by Gasteiger charge is 2.29. The first-order valence-electron chi connectivity index (χ1n) is 6.92. The molecule has 0 heterocycles. The van der Waals surface area contributed by atoms with Crippen molar-refractivity contribution in [3.63, 3.8) is 0 Å². The van der Waals surface area contributed by atoms with Crippen molar-refractivity contribution in [2.45, 2.75) is 9.79 Å². The molecule has 0 aromatic heterocycles. The van der Waals surface area contributed by atoms with E-state index in [1.165, 1.54) is 23.5 Å². The Bertz CT molecular complexity index is 587. The van der Waals surface area contributed by atoms with E-state index >= 15 is 0 Å². The molecule has 2 N–H and O–H groups in total. The van der Waals surface area contributed by atoms with Gasteiger partial charge in [-0.3, -0.25) is 0 Å². The van der Waals surface area contributed by atoms with Gasteiger partial charge in [0.05, 0.1) is 21.1 Å². The second-order valence-electron chi connectivity index (χ2n) is 4.92. The van der Waals surface area contributed by atoms with Crippen LogP contribution in [0, 0.1) is 0 Å². The van der Waals surface area contributed by atoms with Crippen molar-refractivity contribution in [2.24, 2.45) is 0 Å². The van der Waals surface area contributed by atoms with Gasteiger partial charge in [-0.1, -0.05) is 36.4 Å². The summed E-state index contributed by atoms with van der Waals surface area (Å²) >= 11 is 2.95. The molecule has 0 unspecified atom stereocenters. The molecule has 3 nitrogen and oxygen atoms in total. The van der Waals surface area contributed by atoms with Gasteiger partial charge in [-0.05, 0) is 24.3 Å². The lowest BCUT2D eigenvalue weighted by Crippen LogP contribution is -2.40. The van der Waals surface area contributed by atoms with E-state index in [0.717, 1.165) is 9.79 Å². The van der Waals surface area contributed by atoms with Crippen molar-refractivity contribution < 1.29 is 13.3 Å². The summed E-state index contributed by atoms with van der Waals surface area (Å²) in [4.78, 5) is 2.06. The molecule has 2 aromatic rings. The number of thioether (sulfide) groups is 2. The normalized spacial score (nSPS) is 13.5. The van der Waals surface area contributed by atoms with E-state index in [9.17, 15) is 13.3 Å². The Labute approximate surface area is 140 Å². The summed E-state index contributed by atoms with van der Waals surface area (Å²) in [5.74, 6) is 0.620. The molecule has 0 aliphatic heterocycles. The van der Waals surface area contributed by atoms with E-state index in [1.807, 2.05) is 60.7 Å². The van der Waals surface area contributed by atoms with E-state index < -0.39 is 9.63 Å². The van der Waals surface area contributed by atoms with E-state index in [0.29, 0.717) is 11.5 Å². The highest BCUT2D eigenvalue weighted by atomic mass is 32.3. The first kappa shape index (κ1) is 17.6. The molecule has 0 atom stereocenters. The third-order valence-corrected chi connectivity index (χ3v) is 7.60. The highest BCUT2D eigenvalue weighted by molar-refractivity contribution is 8.12. The van der Waals surface area contributed by atoms with Crippen molar-refractivity contribution in [1.82, 2.24) is 0 Å². The molecule has 120 valence electrons. The lowest BCUT2D eigenvalue weighted by Gasteiger charge is -2.30. The fourth-order valence-electron chi connectivity index (χ4n) is 1.79. The van der Waals surface area contributed by atoms with Gasteiger partial charge in [0.15, 0.2) is 0 Å². The summed E-state index contributed by atoms with van der Waals surface area (Å²) in [5.41, 5.74) is 0. The summed E-state index contributed by atoms with van der Waals surface area (Å²) < 4.78 is 32.3. The molecule has 2 rings (SSSR count). The maximum atomic E-state index is 12.3. The summed E-state index contributed by atoms with van der Waals surface area (Å²) in [7, 11) is -4.52. The smallest absolute Gasteiger partial charge is 0.0842 e. The predicted molar refractivity (Wildman–Crippen MR) is 97.5 cm³/mol. The van der Waals surface area contributed by atoms with Crippen molar-refractivity contribution >= 4 is 33.2 Å². The van der Waals surface area contributed by atoms with E-state index in [4.69, 9.17) is 0 Å². The number of benzene rings is 2. The first-order valence-corrected chi connectivity index (χ1v) is 11.1. The molecule has 0 spiro atoms. The molecule has 0 bridgehead atoms. The van der Waals surface area contributed by atoms with Gasteiger partial charge < -0.3 is 9.11 Å². The zero-order valence-corrected chi connectivity index (χ0v) is 14.6. The van der Waals surface area contributed by atoms with Crippen LogP contribution in [0.1, 0.15) is 0 Å². The fourth-order valence-corrected chi connectivity index (χ4v) is 6.51. The van der Waals surface area contributed by atoms with Crippen LogP contribution >= 0.6 is 23.5 Å². The van der Waals surface area contributed by atoms with E-state index in [2.05, 4.69) is 0 Å². The Kier molecular flexibility index (Phi) is 6.11. The summed E-state index contributed by atoms with van der Waals surface area (Å²) in [6, 6.07) is 19.3. The minimum Gasteiger partial charge on any atom is -0.308 e. The van der Waals surface area contributed by atoms with Crippen molar-refractivity contribution in [1.29, 1.82) is 0 Å². The molecule has 0 saturated carbocycles. The monoisotopic (exact) mass is 356 g/mol. The maximum absolute atomic E-state index is 12.3. The molecular weight excluding hydrogens is 336 g/mol. The third-order valence-electron chi connectivity index (χ3n) is 3.01. The van der Waals surface area contributed by atoms with Crippen LogP contribution in [-0.4, -0.2) is 36.3 Å². The minimum atomic E-state index is -4.52. The Morgan fingerprint density at radius 2 is 1.09 bits per heavy atom. The molecule has 0 aliphatic carbocycles. The predicted octanol–water partition coefficient (Wildman–Crippen LogP) is 4.34. The molecule has 2 aromatic carbocycles. The Balaban J connectivity index is 1.78. The standard InChI is InChI=1S/C16H20O3S3/c17-22(18,19,13-11-20-15-7-3-1-4-8-15)14-12-21-16-9-5-2-6-10-16/h1-10H,11-14H2,(H2,17,18,19). The van der Waals surface area contributed by atoms with Crippen LogP contribution in [0.5, 0.6) is 0 Å². The summed E-state index contributed by atoms with van der Waals surface area (Å²) in [6.07, 6.45) is 0. The second-order valence-corrected chi connectivity index (χ2v) is 10.4. The number of hydrogen-bond acceptors (Lipinski definition) is 3. The van der Waals surface area contributed by atoms with Crippen LogP contribution in [0.25, 0.3) is 0 Å². The molecule has 6 heteroatoms. The number of hydrogen-bond donors (Lipinski definition) is 2. The zero-order chi connectivity index (χ0) is 15.9. The quantitative estimate of drug-likeness (QED) is 0.689. The van der Waals surface area contributed by atoms with Crippen molar-refractivity contribution in [3.8, 4) is 0 Å². The number of rotatable bonds is 8. The van der Waals surface area contributed by atoms with Gasteiger partial charge in [0.2, 0.25) is 0 Å². The van der Waals surface area contributed by atoms with Gasteiger partial charge in [0.25, 0.3) is 0 Å². The third kappa shape index (κ3) is 6.54. The van der Waals surface area contributed by atoms with Gasteiger partial charge in [0.1, 0.15) is 0 Å². The van der Waals surface area contributed by atoms with Crippen molar-refractivity contribution in [3.05, 3.63) is 60.7 Å². The van der Waals surface area contributed by atoms with Gasteiger partial charge >= 0.3 is 0 Å². The van der Waals surface area contributed by atoms with Crippen LogP contribution in [0.15, 0.2) is 70.5 Å². The van der Waals surface area contributed by atoms with Crippen LogP contribution in [0.3, 0.4) is 0 Å². The molecule has 0 fully saturated rings. The average Bonchev–Trinajstić information content (AvgIpc) is 2.48. The molecule has 0 amide bonds. The lowest BCUT2D eigenvalue weighted by atomic mass is 10.4. The highest BCUT2D eigenvalue weighted by Crippen LogP contribution is 2.26. The van der Waals surface area contributed by atoms with E-state index in [-0.39, 0.29) is 11.5 Å². The maximum Gasteiger partial charge on any atom is 0.0842 e. The average molecular weight is 357 g/mol. The first-order chi connectivity index (χ1) is 10.4. The summed E-state index contributed by atoms with van der Waals surface area (Å²) in [5, 5.41) is 0. The van der Waals surface area contributed by atoms with Crippen LogP contribution in [0.2, 0.25) is 0 Å². The Hall–Kier alpha value is -0.790.